The molecule has 1 unspecified atom stereocenters. The van der Waals surface area contributed by atoms with Gasteiger partial charge in [-0.3, -0.25) is 0 Å². The Labute approximate surface area is 109 Å². The van der Waals surface area contributed by atoms with Crippen molar-refractivity contribution in [2.75, 3.05) is 0 Å². The van der Waals surface area contributed by atoms with Gasteiger partial charge in [-0.1, -0.05) is 23.7 Å². The quantitative estimate of drug-likeness (QED) is 0.898. The minimum Gasteiger partial charge on any atom is -0.324 e. The highest BCUT2D eigenvalue weighted by molar-refractivity contribution is 6.30. The molecule has 1 nitrogen and oxygen atoms in total. The highest BCUT2D eigenvalue weighted by Crippen LogP contribution is 2.20. The van der Waals surface area contributed by atoms with E-state index in [0.717, 1.165) is 17.7 Å². The molecule has 0 aromatic heterocycles. The van der Waals surface area contributed by atoms with E-state index in [1.54, 1.807) is 24.3 Å². The molecule has 2 N–H and O–H groups in total. The standard InChI is InChI=1S/C14H12ClF2N/c15-11-3-1-9(2-4-11)14(18)8-10-7-12(16)5-6-13(10)17/h1-7,14H,8,18H2. The molecule has 2 rings (SSSR count). The van der Waals surface area contributed by atoms with E-state index in [-0.39, 0.29) is 12.0 Å². The summed E-state index contributed by atoms with van der Waals surface area (Å²) in [6.07, 6.45) is 0.241. The average Bonchev–Trinajstić information content (AvgIpc) is 2.34. The second-order valence-electron chi connectivity index (χ2n) is 4.10. The third kappa shape index (κ3) is 3.06. The van der Waals surface area contributed by atoms with Gasteiger partial charge in [0, 0.05) is 11.1 Å². The Balaban J connectivity index is 2.18. The fourth-order valence-corrected chi connectivity index (χ4v) is 1.89. The molecule has 0 spiro atoms. The van der Waals surface area contributed by atoms with Crippen LogP contribution in [0.25, 0.3) is 0 Å². The molecular formula is C14H12ClF2N. The lowest BCUT2D eigenvalue weighted by atomic mass is 9.99. The molecule has 4 heteroatoms. The molecule has 18 heavy (non-hydrogen) atoms. The van der Waals surface area contributed by atoms with Gasteiger partial charge in [-0.25, -0.2) is 8.78 Å². The summed E-state index contributed by atoms with van der Waals surface area (Å²) >= 11 is 5.77. The predicted octanol–water partition coefficient (Wildman–Crippen LogP) is 3.86. The Morgan fingerprint density at radius 1 is 1.06 bits per heavy atom. The molecule has 94 valence electrons. The Bertz CT molecular complexity index is 540. The zero-order chi connectivity index (χ0) is 13.1. The molecule has 1 atom stereocenters. The summed E-state index contributed by atoms with van der Waals surface area (Å²) in [4.78, 5) is 0. The summed E-state index contributed by atoms with van der Waals surface area (Å²) in [5.41, 5.74) is 7.08. The Kier molecular flexibility index (Phi) is 3.94. The fourth-order valence-electron chi connectivity index (χ4n) is 1.76. The van der Waals surface area contributed by atoms with Crippen LogP contribution in [0, 0.1) is 11.6 Å². The van der Waals surface area contributed by atoms with E-state index in [1.165, 1.54) is 6.07 Å². The summed E-state index contributed by atoms with van der Waals surface area (Å²) in [5.74, 6) is -0.907. The first-order valence-corrected chi connectivity index (χ1v) is 5.89. The van der Waals surface area contributed by atoms with Gasteiger partial charge in [-0.2, -0.15) is 0 Å². The van der Waals surface area contributed by atoms with Crippen molar-refractivity contribution in [3.05, 3.63) is 70.2 Å². The zero-order valence-electron chi connectivity index (χ0n) is 9.54. The van der Waals surface area contributed by atoms with E-state index in [2.05, 4.69) is 0 Å². The van der Waals surface area contributed by atoms with Gasteiger partial charge in [0.05, 0.1) is 0 Å². The lowest BCUT2D eigenvalue weighted by Crippen LogP contribution is -2.14. The van der Waals surface area contributed by atoms with E-state index in [1.807, 2.05) is 0 Å². The second-order valence-corrected chi connectivity index (χ2v) is 4.53. The minimum atomic E-state index is -0.463. The van der Waals surface area contributed by atoms with E-state index >= 15 is 0 Å². The lowest BCUT2D eigenvalue weighted by Gasteiger charge is -2.13. The Hall–Kier alpha value is -1.45. The number of benzene rings is 2. The van der Waals surface area contributed by atoms with Gasteiger partial charge in [0.15, 0.2) is 0 Å². The molecule has 0 aliphatic carbocycles. The van der Waals surface area contributed by atoms with Gasteiger partial charge >= 0.3 is 0 Å². The van der Waals surface area contributed by atoms with Gasteiger partial charge in [0.1, 0.15) is 11.6 Å². The number of halogens is 3. The van der Waals surface area contributed by atoms with Crippen molar-refractivity contribution in [1.29, 1.82) is 0 Å². The maximum absolute atomic E-state index is 13.5. The normalized spacial score (nSPS) is 12.4. The van der Waals surface area contributed by atoms with Crippen molar-refractivity contribution in [2.24, 2.45) is 5.73 Å². The first-order chi connectivity index (χ1) is 8.56. The summed E-state index contributed by atoms with van der Waals surface area (Å²) in [7, 11) is 0. The van der Waals surface area contributed by atoms with Crippen molar-refractivity contribution in [1.82, 2.24) is 0 Å². The summed E-state index contributed by atoms with van der Waals surface area (Å²) in [6, 6.07) is 9.99. The van der Waals surface area contributed by atoms with Crippen LogP contribution in [0.4, 0.5) is 8.78 Å². The maximum atomic E-state index is 13.5. The van der Waals surface area contributed by atoms with Gasteiger partial charge < -0.3 is 5.73 Å². The van der Waals surface area contributed by atoms with Crippen molar-refractivity contribution < 1.29 is 8.78 Å². The largest absolute Gasteiger partial charge is 0.324 e. The number of rotatable bonds is 3. The average molecular weight is 268 g/mol. The summed E-state index contributed by atoms with van der Waals surface area (Å²) in [6.45, 7) is 0. The molecule has 2 aromatic rings. The third-order valence-corrected chi connectivity index (χ3v) is 3.00. The molecule has 0 aliphatic rings. The molecule has 0 saturated heterocycles. The molecule has 0 amide bonds. The van der Waals surface area contributed by atoms with Crippen LogP contribution in [-0.4, -0.2) is 0 Å². The minimum absolute atomic E-state index is 0.241. The molecule has 0 radical (unpaired) electrons. The smallest absolute Gasteiger partial charge is 0.126 e. The van der Waals surface area contributed by atoms with Crippen LogP contribution in [0.3, 0.4) is 0 Å². The first kappa shape index (κ1) is 13.0. The van der Waals surface area contributed by atoms with Gasteiger partial charge in [0.25, 0.3) is 0 Å². The summed E-state index contributed by atoms with van der Waals surface area (Å²) < 4.78 is 26.5. The molecule has 0 saturated carbocycles. The predicted molar refractivity (Wildman–Crippen MR) is 68.4 cm³/mol. The van der Waals surface area contributed by atoms with Crippen LogP contribution in [0.1, 0.15) is 17.2 Å². The highest BCUT2D eigenvalue weighted by Gasteiger charge is 2.11. The van der Waals surface area contributed by atoms with Gasteiger partial charge in [0.2, 0.25) is 0 Å². The molecule has 0 heterocycles. The summed E-state index contributed by atoms with van der Waals surface area (Å²) in [5, 5.41) is 0.614. The van der Waals surface area contributed by atoms with Crippen molar-refractivity contribution >= 4 is 11.6 Å². The van der Waals surface area contributed by atoms with E-state index in [0.29, 0.717) is 5.02 Å². The van der Waals surface area contributed by atoms with Crippen LogP contribution >= 0.6 is 11.6 Å². The maximum Gasteiger partial charge on any atom is 0.126 e. The number of hydrogen-bond donors (Lipinski definition) is 1. The zero-order valence-corrected chi connectivity index (χ0v) is 10.3. The first-order valence-electron chi connectivity index (χ1n) is 5.51. The van der Waals surface area contributed by atoms with Crippen LogP contribution in [0.2, 0.25) is 5.02 Å². The van der Waals surface area contributed by atoms with E-state index < -0.39 is 17.7 Å². The van der Waals surface area contributed by atoms with Gasteiger partial charge in [-0.15, -0.1) is 0 Å². The lowest BCUT2D eigenvalue weighted by molar-refractivity contribution is 0.572. The Morgan fingerprint density at radius 3 is 2.39 bits per heavy atom. The highest BCUT2D eigenvalue weighted by atomic mass is 35.5. The number of nitrogens with two attached hydrogens (primary N) is 1. The molecule has 0 aliphatic heterocycles. The van der Waals surface area contributed by atoms with Crippen LogP contribution in [-0.2, 0) is 6.42 Å². The number of hydrogen-bond acceptors (Lipinski definition) is 1. The Morgan fingerprint density at radius 2 is 1.72 bits per heavy atom. The van der Waals surface area contributed by atoms with Crippen LogP contribution in [0.5, 0.6) is 0 Å². The van der Waals surface area contributed by atoms with Crippen LogP contribution < -0.4 is 5.73 Å². The topological polar surface area (TPSA) is 26.0 Å². The monoisotopic (exact) mass is 267 g/mol. The molecule has 2 aromatic carbocycles. The van der Waals surface area contributed by atoms with Crippen molar-refractivity contribution in [3.8, 4) is 0 Å². The second kappa shape index (κ2) is 5.46. The van der Waals surface area contributed by atoms with Crippen molar-refractivity contribution in [2.45, 2.75) is 12.5 Å². The molecular weight excluding hydrogens is 256 g/mol. The fraction of sp³-hybridized carbons (Fsp3) is 0.143. The van der Waals surface area contributed by atoms with Crippen molar-refractivity contribution in [3.63, 3.8) is 0 Å². The third-order valence-electron chi connectivity index (χ3n) is 2.75. The van der Waals surface area contributed by atoms with E-state index in [9.17, 15) is 8.78 Å². The SMILES string of the molecule is NC(Cc1cc(F)ccc1F)c1ccc(Cl)cc1. The van der Waals surface area contributed by atoms with Crippen LogP contribution in [0.15, 0.2) is 42.5 Å². The molecule has 0 fully saturated rings. The van der Waals surface area contributed by atoms with Gasteiger partial charge in [-0.05, 0) is 47.9 Å². The molecule has 0 bridgehead atoms. The van der Waals surface area contributed by atoms with E-state index in [4.69, 9.17) is 17.3 Å².